The molecule has 9 heavy (non-hydrogen) atoms. The molecule has 0 bridgehead atoms. The first-order chi connectivity index (χ1) is 4.31. The van der Waals surface area contributed by atoms with Crippen LogP contribution < -0.4 is 0 Å². The SMILES string of the molecule is C=C/C=C(C)\C=C\CC. The fourth-order valence-corrected chi connectivity index (χ4v) is 0.545. The van der Waals surface area contributed by atoms with Crippen LogP contribution in [-0.4, -0.2) is 0 Å². The van der Waals surface area contributed by atoms with Crippen LogP contribution in [0.1, 0.15) is 20.3 Å². The van der Waals surface area contributed by atoms with E-state index in [1.807, 2.05) is 6.08 Å². The van der Waals surface area contributed by atoms with Crippen molar-refractivity contribution in [3.05, 3.63) is 36.5 Å². The summed E-state index contributed by atoms with van der Waals surface area (Å²) in [6, 6.07) is 0. The third-order valence-electron chi connectivity index (χ3n) is 0.997. The van der Waals surface area contributed by atoms with Crippen LogP contribution in [0.2, 0.25) is 0 Å². The average Bonchev–Trinajstić information content (AvgIpc) is 1.85. The topological polar surface area (TPSA) is 0 Å². The normalized spacial score (nSPS) is 12.4. The van der Waals surface area contributed by atoms with Gasteiger partial charge >= 0.3 is 0 Å². The third kappa shape index (κ3) is 5.09. The van der Waals surface area contributed by atoms with E-state index in [0.29, 0.717) is 0 Å². The van der Waals surface area contributed by atoms with Crippen molar-refractivity contribution < 1.29 is 0 Å². The zero-order valence-electron chi connectivity index (χ0n) is 6.22. The second kappa shape index (κ2) is 5.36. The van der Waals surface area contributed by atoms with Crippen LogP contribution >= 0.6 is 0 Å². The summed E-state index contributed by atoms with van der Waals surface area (Å²) in [6.07, 6.45) is 9.13. The molecule has 0 nitrogen and oxygen atoms in total. The number of hydrogen-bond acceptors (Lipinski definition) is 0. The molecular formula is C9H14. The Morgan fingerprint density at radius 2 is 2.22 bits per heavy atom. The van der Waals surface area contributed by atoms with E-state index < -0.39 is 0 Å². The number of rotatable bonds is 3. The molecule has 0 atom stereocenters. The molecule has 0 amide bonds. The van der Waals surface area contributed by atoms with Crippen molar-refractivity contribution in [1.29, 1.82) is 0 Å². The fourth-order valence-electron chi connectivity index (χ4n) is 0.545. The lowest BCUT2D eigenvalue weighted by Crippen LogP contribution is -1.63. The first-order valence-electron chi connectivity index (χ1n) is 3.27. The van der Waals surface area contributed by atoms with Crippen molar-refractivity contribution in [2.75, 3.05) is 0 Å². The Morgan fingerprint density at radius 3 is 2.67 bits per heavy atom. The van der Waals surface area contributed by atoms with Gasteiger partial charge in [0.2, 0.25) is 0 Å². The Labute approximate surface area is 57.6 Å². The molecular weight excluding hydrogens is 108 g/mol. The summed E-state index contributed by atoms with van der Waals surface area (Å²) >= 11 is 0. The van der Waals surface area contributed by atoms with E-state index in [1.54, 1.807) is 6.08 Å². The highest BCUT2D eigenvalue weighted by Gasteiger charge is 1.73. The van der Waals surface area contributed by atoms with Gasteiger partial charge in [-0.15, -0.1) is 0 Å². The van der Waals surface area contributed by atoms with Gasteiger partial charge in [-0.05, 0) is 13.3 Å². The van der Waals surface area contributed by atoms with E-state index in [9.17, 15) is 0 Å². The first kappa shape index (κ1) is 8.22. The van der Waals surface area contributed by atoms with Gasteiger partial charge in [0.15, 0.2) is 0 Å². The highest BCUT2D eigenvalue weighted by atomic mass is 13.8. The quantitative estimate of drug-likeness (QED) is 0.504. The van der Waals surface area contributed by atoms with E-state index in [0.717, 1.165) is 6.42 Å². The minimum Gasteiger partial charge on any atom is -0.0991 e. The number of allylic oxidation sites excluding steroid dienone is 5. The molecule has 0 aliphatic carbocycles. The van der Waals surface area contributed by atoms with Crippen LogP contribution in [0.15, 0.2) is 36.5 Å². The van der Waals surface area contributed by atoms with Crippen LogP contribution in [0.5, 0.6) is 0 Å². The zero-order chi connectivity index (χ0) is 7.11. The molecule has 0 spiro atoms. The molecule has 0 aromatic rings. The largest absolute Gasteiger partial charge is 0.0991 e. The van der Waals surface area contributed by atoms with Gasteiger partial charge in [-0.25, -0.2) is 0 Å². The summed E-state index contributed by atoms with van der Waals surface area (Å²) < 4.78 is 0. The van der Waals surface area contributed by atoms with Crippen LogP contribution in [0.4, 0.5) is 0 Å². The standard InChI is InChI=1S/C9H14/c1-4-6-8-9(3)7-5-2/h5-8H,2,4H2,1,3H3/b8-6+,9-7-. The Kier molecular flexibility index (Phi) is 4.89. The molecule has 0 aromatic heterocycles. The molecule has 0 saturated carbocycles. The summed E-state index contributed by atoms with van der Waals surface area (Å²) in [4.78, 5) is 0. The highest BCUT2D eigenvalue weighted by Crippen LogP contribution is 1.95. The average molecular weight is 122 g/mol. The van der Waals surface area contributed by atoms with E-state index in [1.165, 1.54) is 5.57 Å². The lowest BCUT2D eigenvalue weighted by atomic mass is 10.2. The van der Waals surface area contributed by atoms with Gasteiger partial charge in [0.25, 0.3) is 0 Å². The molecule has 0 saturated heterocycles. The van der Waals surface area contributed by atoms with Crippen molar-refractivity contribution in [3.8, 4) is 0 Å². The van der Waals surface area contributed by atoms with Gasteiger partial charge in [-0.2, -0.15) is 0 Å². The second-order valence-electron chi connectivity index (χ2n) is 1.96. The summed E-state index contributed by atoms with van der Waals surface area (Å²) in [5.74, 6) is 0. The van der Waals surface area contributed by atoms with Gasteiger partial charge < -0.3 is 0 Å². The van der Waals surface area contributed by atoms with E-state index in [2.05, 4.69) is 32.6 Å². The third-order valence-corrected chi connectivity index (χ3v) is 0.997. The molecule has 50 valence electrons. The molecule has 0 heteroatoms. The molecule has 0 rings (SSSR count). The van der Waals surface area contributed by atoms with Crippen molar-refractivity contribution >= 4 is 0 Å². The molecule has 0 heterocycles. The predicted octanol–water partition coefficient (Wildman–Crippen LogP) is 3.08. The highest BCUT2D eigenvalue weighted by molar-refractivity contribution is 5.20. The van der Waals surface area contributed by atoms with Gasteiger partial charge in [0.1, 0.15) is 0 Å². The molecule has 0 aliphatic rings. The van der Waals surface area contributed by atoms with Crippen molar-refractivity contribution in [2.24, 2.45) is 0 Å². The van der Waals surface area contributed by atoms with Gasteiger partial charge in [0.05, 0.1) is 0 Å². The minimum absolute atomic E-state index is 1.10. The van der Waals surface area contributed by atoms with Crippen LogP contribution in [0.25, 0.3) is 0 Å². The first-order valence-corrected chi connectivity index (χ1v) is 3.27. The minimum atomic E-state index is 1.10. The Bertz CT molecular complexity index is 127. The lowest BCUT2D eigenvalue weighted by Gasteiger charge is -1.84. The summed E-state index contributed by atoms with van der Waals surface area (Å²) in [7, 11) is 0. The zero-order valence-corrected chi connectivity index (χ0v) is 6.22. The van der Waals surface area contributed by atoms with E-state index in [4.69, 9.17) is 0 Å². The Hall–Kier alpha value is -0.780. The monoisotopic (exact) mass is 122 g/mol. The second-order valence-corrected chi connectivity index (χ2v) is 1.96. The van der Waals surface area contributed by atoms with E-state index >= 15 is 0 Å². The Balaban J connectivity index is 3.74. The molecule has 0 N–H and O–H groups in total. The summed E-state index contributed by atoms with van der Waals surface area (Å²) in [5.41, 5.74) is 1.26. The van der Waals surface area contributed by atoms with Crippen LogP contribution in [-0.2, 0) is 0 Å². The van der Waals surface area contributed by atoms with Crippen molar-refractivity contribution in [2.45, 2.75) is 20.3 Å². The van der Waals surface area contributed by atoms with Crippen LogP contribution in [0, 0.1) is 0 Å². The molecule has 0 fully saturated rings. The summed E-state index contributed by atoms with van der Waals surface area (Å²) in [5, 5.41) is 0. The maximum Gasteiger partial charge on any atom is -0.0376 e. The molecule has 0 aromatic carbocycles. The smallest absolute Gasteiger partial charge is 0.0376 e. The summed E-state index contributed by atoms with van der Waals surface area (Å²) in [6.45, 7) is 7.78. The predicted molar refractivity (Wildman–Crippen MR) is 43.4 cm³/mol. The molecule has 0 aliphatic heterocycles. The van der Waals surface area contributed by atoms with Crippen molar-refractivity contribution in [3.63, 3.8) is 0 Å². The maximum absolute atomic E-state index is 3.60. The van der Waals surface area contributed by atoms with Crippen molar-refractivity contribution in [1.82, 2.24) is 0 Å². The lowest BCUT2D eigenvalue weighted by molar-refractivity contribution is 1.22. The Morgan fingerprint density at radius 1 is 1.56 bits per heavy atom. The number of hydrogen-bond donors (Lipinski definition) is 0. The van der Waals surface area contributed by atoms with Gasteiger partial charge in [-0.1, -0.05) is 43.4 Å². The maximum atomic E-state index is 3.60. The molecule has 0 unspecified atom stereocenters. The van der Waals surface area contributed by atoms with Gasteiger partial charge in [-0.3, -0.25) is 0 Å². The molecule has 0 radical (unpaired) electrons. The van der Waals surface area contributed by atoms with Gasteiger partial charge in [0, 0.05) is 0 Å². The fraction of sp³-hybridized carbons (Fsp3) is 0.333. The van der Waals surface area contributed by atoms with Crippen LogP contribution in [0.3, 0.4) is 0 Å². The van der Waals surface area contributed by atoms with E-state index in [-0.39, 0.29) is 0 Å².